The van der Waals surface area contributed by atoms with Crippen molar-refractivity contribution in [3.05, 3.63) is 36.5 Å². The van der Waals surface area contributed by atoms with Gasteiger partial charge in [0.1, 0.15) is 0 Å². The topological polar surface area (TPSA) is 8.17 Å². The van der Waals surface area contributed by atoms with Crippen molar-refractivity contribution in [2.75, 3.05) is 13.1 Å². The highest BCUT2D eigenvalue weighted by molar-refractivity contribution is 8.22. The van der Waals surface area contributed by atoms with Crippen LogP contribution < -0.4 is 0 Å². The highest BCUT2D eigenvalue weighted by Gasteiger charge is 2.15. The van der Waals surface area contributed by atoms with Gasteiger partial charge in [0.15, 0.2) is 4.32 Å². The molecule has 0 radical (unpaired) electrons. The predicted octanol–water partition coefficient (Wildman–Crippen LogP) is 3.91. The average molecular weight is 276 g/mol. The summed E-state index contributed by atoms with van der Waals surface area (Å²) in [5.41, 5.74) is 1.24. The van der Waals surface area contributed by atoms with E-state index >= 15 is 0 Å². The molecule has 0 bridgehead atoms. The standard InChI is InChI=1S/C14H16N2S2/c17-14(15-9-4-1-5-10-15)18-16-11-8-12-6-2-3-7-13(12)16/h2-3,6-8,11H,1,4-5,9-10H2. The lowest BCUT2D eigenvalue weighted by molar-refractivity contribution is 0.352. The number of benzene rings is 1. The van der Waals surface area contributed by atoms with Gasteiger partial charge in [0.2, 0.25) is 0 Å². The molecule has 1 fully saturated rings. The van der Waals surface area contributed by atoms with Gasteiger partial charge in [-0.05, 0) is 31.4 Å². The van der Waals surface area contributed by atoms with Gasteiger partial charge in [-0.25, -0.2) is 0 Å². The number of piperidine rings is 1. The van der Waals surface area contributed by atoms with E-state index in [1.807, 2.05) is 0 Å². The normalized spacial score (nSPS) is 16.1. The Morgan fingerprint density at radius 3 is 2.67 bits per heavy atom. The van der Waals surface area contributed by atoms with E-state index in [0.29, 0.717) is 0 Å². The molecule has 18 heavy (non-hydrogen) atoms. The van der Waals surface area contributed by atoms with Gasteiger partial charge in [0.05, 0.1) is 5.52 Å². The summed E-state index contributed by atoms with van der Waals surface area (Å²) in [6.07, 6.45) is 5.99. The van der Waals surface area contributed by atoms with Crippen molar-refractivity contribution in [3.63, 3.8) is 0 Å². The van der Waals surface area contributed by atoms with Crippen LogP contribution in [0.5, 0.6) is 0 Å². The molecule has 1 aromatic carbocycles. The summed E-state index contributed by atoms with van der Waals surface area (Å²) < 4.78 is 3.17. The summed E-state index contributed by atoms with van der Waals surface area (Å²) in [6.45, 7) is 2.23. The molecule has 2 heterocycles. The van der Waals surface area contributed by atoms with E-state index in [9.17, 15) is 0 Å². The number of hydrogen-bond donors (Lipinski definition) is 0. The smallest absolute Gasteiger partial charge is 0.157 e. The summed E-state index contributed by atoms with van der Waals surface area (Å²) in [4.78, 5) is 2.33. The molecule has 2 nitrogen and oxygen atoms in total. The van der Waals surface area contributed by atoms with Crippen molar-refractivity contribution < 1.29 is 0 Å². The molecule has 1 aliphatic heterocycles. The minimum Gasteiger partial charge on any atom is -0.356 e. The Morgan fingerprint density at radius 1 is 1.06 bits per heavy atom. The fourth-order valence-corrected chi connectivity index (χ4v) is 3.63. The number of nitrogens with zero attached hydrogens (tertiary/aromatic N) is 2. The minimum absolute atomic E-state index is 0.996. The quantitative estimate of drug-likeness (QED) is 0.730. The summed E-state index contributed by atoms with van der Waals surface area (Å²) in [5, 5.41) is 1.27. The maximum atomic E-state index is 5.55. The van der Waals surface area contributed by atoms with Crippen LogP contribution in [0.1, 0.15) is 19.3 Å². The van der Waals surface area contributed by atoms with Crippen LogP contribution in [0, 0.1) is 0 Å². The fourth-order valence-electron chi connectivity index (χ4n) is 2.36. The van der Waals surface area contributed by atoms with E-state index in [2.05, 4.69) is 45.4 Å². The SMILES string of the molecule is S=C(Sn1ccc2ccccc21)N1CCCCC1. The molecule has 1 aliphatic rings. The fraction of sp³-hybridized carbons (Fsp3) is 0.357. The number of fused-ring (bicyclic) bond motifs is 1. The van der Waals surface area contributed by atoms with E-state index in [-0.39, 0.29) is 0 Å². The molecule has 0 unspecified atom stereocenters. The van der Waals surface area contributed by atoms with Crippen LogP contribution in [0.3, 0.4) is 0 Å². The third-order valence-corrected chi connectivity index (χ3v) is 4.77. The van der Waals surface area contributed by atoms with Crippen molar-refractivity contribution in [2.45, 2.75) is 19.3 Å². The molecular weight excluding hydrogens is 260 g/mol. The molecule has 1 saturated heterocycles. The molecule has 0 amide bonds. The molecule has 0 aliphatic carbocycles. The van der Waals surface area contributed by atoms with Gasteiger partial charge in [-0.1, -0.05) is 30.4 Å². The van der Waals surface area contributed by atoms with Gasteiger partial charge in [-0.2, -0.15) is 0 Å². The molecule has 0 N–H and O–H groups in total. The Bertz CT molecular complexity index is 556. The highest BCUT2D eigenvalue weighted by Crippen LogP contribution is 2.24. The monoisotopic (exact) mass is 276 g/mol. The summed E-state index contributed by atoms with van der Waals surface area (Å²) >= 11 is 7.21. The molecule has 94 valence electrons. The third-order valence-electron chi connectivity index (χ3n) is 3.35. The number of para-hydroxylation sites is 1. The van der Waals surface area contributed by atoms with Gasteiger partial charge in [-0.3, -0.25) is 3.97 Å². The van der Waals surface area contributed by atoms with Crippen LogP contribution in [0.25, 0.3) is 10.9 Å². The lowest BCUT2D eigenvalue weighted by Crippen LogP contribution is -2.33. The van der Waals surface area contributed by atoms with Crippen molar-refractivity contribution in [3.8, 4) is 0 Å². The van der Waals surface area contributed by atoms with Gasteiger partial charge in [-0.15, -0.1) is 0 Å². The van der Waals surface area contributed by atoms with Crippen LogP contribution in [0.4, 0.5) is 0 Å². The first-order valence-electron chi connectivity index (χ1n) is 6.38. The second-order valence-corrected chi connectivity index (χ2v) is 6.21. The second-order valence-electron chi connectivity index (χ2n) is 4.61. The van der Waals surface area contributed by atoms with E-state index in [1.165, 1.54) is 30.2 Å². The highest BCUT2D eigenvalue weighted by atomic mass is 32.2. The van der Waals surface area contributed by atoms with Crippen molar-refractivity contribution in [2.24, 2.45) is 0 Å². The Labute approximate surface area is 117 Å². The van der Waals surface area contributed by atoms with Crippen molar-refractivity contribution in [1.29, 1.82) is 0 Å². The van der Waals surface area contributed by atoms with Crippen LogP contribution in [-0.2, 0) is 0 Å². The molecule has 0 spiro atoms. The average Bonchev–Trinajstić information content (AvgIpc) is 2.83. The molecule has 1 aromatic heterocycles. The first-order chi connectivity index (χ1) is 8.84. The second kappa shape index (κ2) is 5.33. The zero-order chi connectivity index (χ0) is 12.4. The lowest BCUT2D eigenvalue weighted by atomic mass is 10.1. The van der Waals surface area contributed by atoms with Gasteiger partial charge in [0.25, 0.3) is 0 Å². The molecule has 0 atom stereocenters. The molecule has 4 heteroatoms. The number of aromatic nitrogens is 1. The lowest BCUT2D eigenvalue weighted by Gasteiger charge is -2.28. The maximum absolute atomic E-state index is 5.55. The third kappa shape index (κ3) is 2.40. The molecular formula is C14H16N2S2. The molecule has 0 saturated carbocycles. The number of rotatable bonds is 1. The Hall–Kier alpha value is -1.00. The van der Waals surface area contributed by atoms with Crippen molar-refractivity contribution in [1.82, 2.24) is 8.87 Å². The van der Waals surface area contributed by atoms with Gasteiger partial charge in [0, 0.05) is 36.6 Å². The Morgan fingerprint density at radius 2 is 1.83 bits per heavy atom. The van der Waals surface area contributed by atoms with E-state index in [1.54, 1.807) is 11.9 Å². The maximum Gasteiger partial charge on any atom is 0.157 e. The molecule has 3 rings (SSSR count). The van der Waals surface area contributed by atoms with Crippen LogP contribution in [0.15, 0.2) is 36.5 Å². The van der Waals surface area contributed by atoms with E-state index in [4.69, 9.17) is 12.2 Å². The number of likely N-dealkylation sites (tertiary alicyclic amines) is 1. The summed E-state index contributed by atoms with van der Waals surface area (Å²) in [5.74, 6) is 0. The molecule has 2 aromatic rings. The summed E-state index contributed by atoms with van der Waals surface area (Å²) in [6, 6.07) is 10.6. The van der Waals surface area contributed by atoms with Crippen LogP contribution in [-0.4, -0.2) is 26.3 Å². The van der Waals surface area contributed by atoms with E-state index in [0.717, 1.165) is 17.4 Å². The predicted molar refractivity (Wildman–Crippen MR) is 82.9 cm³/mol. The van der Waals surface area contributed by atoms with Crippen LogP contribution in [0.2, 0.25) is 0 Å². The first kappa shape index (κ1) is 12.1. The zero-order valence-corrected chi connectivity index (χ0v) is 11.8. The van der Waals surface area contributed by atoms with Crippen molar-refractivity contribution >= 4 is 39.4 Å². The van der Waals surface area contributed by atoms with Gasteiger partial charge >= 0.3 is 0 Å². The zero-order valence-electron chi connectivity index (χ0n) is 10.2. The first-order valence-corrected chi connectivity index (χ1v) is 7.56. The van der Waals surface area contributed by atoms with E-state index < -0.39 is 0 Å². The van der Waals surface area contributed by atoms with Gasteiger partial charge < -0.3 is 4.90 Å². The largest absolute Gasteiger partial charge is 0.356 e. The Balaban J connectivity index is 1.77. The Kier molecular flexibility index (Phi) is 3.57. The number of hydrogen-bond acceptors (Lipinski definition) is 2. The minimum atomic E-state index is 0.996. The number of thiocarbonyl (C=S) groups is 1. The summed E-state index contributed by atoms with van der Waals surface area (Å²) in [7, 11) is 0. The van der Waals surface area contributed by atoms with Crippen LogP contribution >= 0.6 is 24.2 Å².